The molecule has 1 atom stereocenters. The molecule has 1 unspecified atom stereocenters. The molecule has 3 heterocycles. The number of nitrogens with zero attached hydrogens (tertiary/aromatic N) is 3. The van der Waals surface area contributed by atoms with Crippen LogP contribution in [0.4, 0.5) is 5.82 Å². The summed E-state index contributed by atoms with van der Waals surface area (Å²) in [5, 5.41) is 1.98. The molecule has 2 aromatic rings. The van der Waals surface area contributed by atoms with Crippen molar-refractivity contribution in [2.75, 3.05) is 11.4 Å². The van der Waals surface area contributed by atoms with Gasteiger partial charge in [-0.2, -0.15) is 0 Å². The zero-order chi connectivity index (χ0) is 13.4. The summed E-state index contributed by atoms with van der Waals surface area (Å²) < 4.78 is 1.99. The molecule has 1 aliphatic heterocycles. The Morgan fingerprint density at radius 3 is 3.11 bits per heavy atom. The van der Waals surface area contributed by atoms with E-state index < -0.39 is 0 Å². The van der Waals surface area contributed by atoms with Gasteiger partial charge >= 0.3 is 0 Å². The Morgan fingerprint density at radius 1 is 1.53 bits per heavy atom. The van der Waals surface area contributed by atoms with E-state index >= 15 is 0 Å². The first-order chi connectivity index (χ1) is 9.22. The van der Waals surface area contributed by atoms with E-state index in [1.54, 1.807) is 11.3 Å². The van der Waals surface area contributed by atoms with Gasteiger partial charge in [-0.25, -0.2) is 4.98 Å². The largest absolute Gasteiger partial charge is 0.368 e. The molecule has 0 saturated carbocycles. The molecular formula is C12H17N5OS. The third-order valence-corrected chi connectivity index (χ3v) is 4.39. The lowest BCUT2D eigenvalue weighted by Crippen LogP contribution is -2.48. The maximum Gasteiger partial charge on any atom is 0.240 e. The molecule has 102 valence electrons. The van der Waals surface area contributed by atoms with Crippen LogP contribution in [0.15, 0.2) is 11.6 Å². The third-order valence-electron chi connectivity index (χ3n) is 3.64. The van der Waals surface area contributed by atoms with Crippen LogP contribution in [-0.4, -0.2) is 27.9 Å². The summed E-state index contributed by atoms with van der Waals surface area (Å²) in [5.41, 5.74) is 12.3. The summed E-state index contributed by atoms with van der Waals surface area (Å²) in [7, 11) is 0. The van der Waals surface area contributed by atoms with Crippen molar-refractivity contribution in [2.24, 2.45) is 11.5 Å². The SMILES string of the molecule is NCc1c(N2CCCCC2C(N)=O)nc2sccn12. The van der Waals surface area contributed by atoms with Crippen LogP contribution in [0.5, 0.6) is 0 Å². The fourth-order valence-corrected chi connectivity index (χ4v) is 3.45. The molecule has 1 amide bonds. The van der Waals surface area contributed by atoms with Crippen molar-refractivity contribution in [3.8, 4) is 0 Å². The minimum atomic E-state index is -0.279. The van der Waals surface area contributed by atoms with E-state index in [9.17, 15) is 4.79 Å². The quantitative estimate of drug-likeness (QED) is 0.865. The van der Waals surface area contributed by atoms with E-state index in [1.807, 2.05) is 20.9 Å². The topological polar surface area (TPSA) is 89.6 Å². The molecule has 4 N–H and O–H groups in total. The van der Waals surface area contributed by atoms with Gasteiger partial charge in [0, 0.05) is 24.7 Å². The van der Waals surface area contributed by atoms with E-state index in [1.165, 1.54) is 0 Å². The summed E-state index contributed by atoms with van der Waals surface area (Å²) in [6, 6.07) is -0.261. The first kappa shape index (κ1) is 12.4. The highest BCUT2D eigenvalue weighted by molar-refractivity contribution is 7.15. The van der Waals surface area contributed by atoms with Crippen LogP contribution >= 0.6 is 11.3 Å². The molecule has 1 saturated heterocycles. The lowest BCUT2D eigenvalue weighted by atomic mass is 10.0. The monoisotopic (exact) mass is 279 g/mol. The summed E-state index contributed by atoms with van der Waals surface area (Å²) in [4.78, 5) is 19.2. The maximum atomic E-state index is 11.6. The lowest BCUT2D eigenvalue weighted by molar-refractivity contribution is -0.119. The molecule has 7 heteroatoms. The van der Waals surface area contributed by atoms with Gasteiger partial charge in [-0.15, -0.1) is 11.3 Å². The smallest absolute Gasteiger partial charge is 0.240 e. The van der Waals surface area contributed by atoms with Crippen molar-refractivity contribution in [2.45, 2.75) is 31.8 Å². The van der Waals surface area contributed by atoms with Crippen LogP contribution in [-0.2, 0) is 11.3 Å². The number of piperidine rings is 1. The number of fused-ring (bicyclic) bond motifs is 1. The van der Waals surface area contributed by atoms with Crippen molar-refractivity contribution in [1.29, 1.82) is 0 Å². The number of nitrogens with two attached hydrogens (primary N) is 2. The van der Waals surface area contributed by atoms with Crippen molar-refractivity contribution >= 4 is 28.0 Å². The standard InChI is InChI=1S/C12H17N5OS/c13-7-9-11(15-12-17(9)5-6-19-12)16-4-2-1-3-8(16)10(14)18/h5-6,8H,1-4,7,13H2,(H2,14,18). The highest BCUT2D eigenvalue weighted by Gasteiger charge is 2.30. The summed E-state index contributed by atoms with van der Waals surface area (Å²) >= 11 is 1.56. The summed E-state index contributed by atoms with van der Waals surface area (Å²) in [5.74, 6) is 0.539. The minimum Gasteiger partial charge on any atom is -0.368 e. The van der Waals surface area contributed by atoms with E-state index in [-0.39, 0.29) is 11.9 Å². The van der Waals surface area contributed by atoms with Gasteiger partial charge in [-0.3, -0.25) is 9.20 Å². The molecule has 0 aromatic carbocycles. The van der Waals surface area contributed by atoms with Crippen molar-refractivity contribution in [3.63, 3.8) is 0 Å². The van der Waals surface area contributed by atoms with Crippen LogP contribution in [0.2, 0.25) is 0 Å². The zero-order valence-electron chi connectivity index (χ0n) is 10.6. The average molecular weight is 279 g/mol. The first-order valence-corrected chi connectivity index (χ1v) is 7.30. The van der Waals surface area contributed by atoms with Crippen LogP contribution in [0.1, 0.15) is 25.0 Å². The number of carbonyl (C=O) groups is 1. The highest BCUT2D eigenvalue weighted by Crippen LogP contribution is 2.29. The van der Waals surface area contributed by atoms with E-state index in [2.05, 4.69) is 4.98 Å². The molecule has 0 spiro atoms. The predicted molar refractivity (Wildman–Crippen MR) is 75.1 cm³/mol. The van der Waals surface area contributed by atoms with Crippen molar-refractivity contribution in [3.05, 3.63) is 17.3 Å². The number of thiazole rings is 1. The molecule has 3 rings (SSSR count). The fraction of sp³-hybridized carbons (Fsp3) is 0.500. The van der Waals surface area contributed by atoms with Crippen LogP contribution in [0, 0.1) is 0 Å². The fourth-order valence-electron chi connectivity index (χ4n) is 2.72. The Morgan fingerprint density at radius 2 is 2.37 bits per heavy atom. The van der Waals surface area contributed by atoms with Gasteiger partial charge in [0.1, 0.15) is 6.04 Å². The second kappa shape index (κ2) is 4.82. The zero-order valence-corrected chi connectivity index (χ0v) is 11.4. The van der Waals surface area contributed by atoms with Gasteiger partial charge in [0.2, 0.25) is 5.91 Å². The minimum absolute atomic E-state index is 0.261. The molecule has 0 bridgehead atoms. The van der Waals surface area contributed by atoms with Crippen LogP contribution < -0.4 is 16.4 Å². The molecular weight excluding hydrogens is 262 g/mol. The molecule has 6 nitrogen and oxygen atoms in total. The highest BCUT2D eigenvalue weighted by atomic mass is 32.1. The summed E-state index contributed by atoms with van der Waals surface area (Å²) in [6.45, 7) is 1.21. The normalized spacial score (nSPS) is 20.1. The molecule has 0 radical (unpaired) electrons. The number of anilines is 1. The van der Waals surface area contributed by atoms with E-state index in [4.69, 9.17) is 11.5 Å². The van der Waals surface area contributed by atoms with Gasteiger partial charge < -0.3 is 16.4 Å². The second-order valence-corrected chi connectivity index (χ2v) is 5.62. The Bertz CT molecular complexity index is 604. The average Bonchev–Trinajstić information content (AvgIpc) is 2.98. The van der Waals surface area contributed by atoms with Gasteiger partial charge in [0.05, 0.1) is 5.69 Å². The van der Waals surface area contributed by atoms with Crippen molar-refractivity contribution in [1.82, 2.24) is 9.38 Å². The maximum absolute atomic E-state index is 11.6. The third kappa shape index (κ3) is 1.98. The van der Waals surface area contributed by atoms with E-state index in [0.29, 0.717) is 6.54 Å². The Labute approximate surface area is 115 Å². The second-order valence-electron chi connectivity index (χ2n) is 4.75. The molecule has 1 fully saturated rings. The van der Waals surface area contributed by atoms with Gasteiger partial charge in [-0.1, -0.05) is 0 Å². The van der Waals surface area contributed by atoms with Crippen LogP contribution in [0.25, 0.3) is 4.96 Å². The first-order valence-electron chi connectivity index (χ1n) is 6.43. The Balaban J connectivity index is 2.06. The Hall–Kier alpha value is -1.60. The molecule has 0 aliphatic carbocycles. The number of amides is 1. The number of rotatable bonds is 3. The molecule has 19 heavy (non-hydrogen) atoms. The number of aromatic nitrogens is 2. The number of carbonyl (C=O) groups excluding carboxylic acids is 1. The summed E-state index contributed by atoms with van der Waals surface area (Å²) in [6.07, 6.45) is 4.84. The number of primary amides is 1. The molecule has 2 aromatic heterocycles. The van der Waals surface area contributed by atoms with Crippen LogP contribution in [0.3, 0.4) is 0 Å². The van der Waals surface area contributed by atoms with Gasteiger partial charge in [-0.05, 0) is 19.3 Å². The predicted octanol–water partition coefficient (Wildman–Crippen LogP) is 0.699. The lowest BCUT2D eigenvalue weighted by Gasteiger charge is -2.34. The van der Waals surface area contributed by atoms with E-state index in [0.717, 1.165) is 42.3 Å². The number of hydrogen-bond donors (Lipinski definition) is 2. The Kier molecular flexibility index (Phi) is 3.16. The molecule has 1 aliphatic rings. The van der Waals surface area contributed by atoms with Gasteiger partial charge in [0.15, 0.2) is 10.8 Å². The number of imidazole rings is 1. The number of hydrogen-bond acceptors (Lipinski definition) is 5. The van der Waals surface area contributed by atoms with Gasteiger partial charge in [0.25, 0.3) is 0 Å². The van der Waals surface area contributed by atoms with Crippen molar-refractivity contribution < 1.29 is 4.79 Å².